The number of nitrogens with zero attached hydrogens (tertiary/aromatic N) is 2. The monoisotopic (exact) mass is 238 g/mol. The Hall–Kier alpha value is -2.36. The van der Waals surface area contributed by atoms with Gasteiger partial charge < -0.3 is 10.7 Å². The number of hydrogen-bond acceptors (Lipinski definition) is 3. The van der Waals surface area contributed by atoms with Gasteiger partial charge in [-0.1, -0.05) is 6.07 Å². The molecule has 2 aromatic heterocycles. The molecule has 0 bridgehead atoms. The first-order valence-corrected chi connectivity index (χ1v) is 5.82. The van der Waals surface area contributed by atoms with Crippen LogP contribution in [0.25, 0.3) is 22.4 Å². The van der Waals surface area contributed by atoms with Gasteiger partial charge in [0.15, 0.2) is 0 Å². The molecular weight excluding hydrogens is 224 g/mol. The van der Waals surface area contributed by atoms with Crippen molar-refractivity contribution in [2.24, 2.45) is 0 Å². The van der Waals surface area contributed by atoms with Gasteiger partial charge >= 0.3 is 0 Å². The molecule has 0 aliphatic carbocycles. The van der Waals surface area contributed by atoms with Crippen LogP contribution in [0.4, 0.5) is 5.82 Å². The number of rotatable bonds is 1. The third-order valence-electron chi connectivity index (χ3n) is 2.98. The largest absolute Gasteiger partial charge is 0.384 e. The molecule has 4 nitrogen and oxygen atoms in total. The fraction of sp³-hybridized carbons (Fsp3) is 0.143. The number of hydrogen-bond donors (Lipinski definition) is 2. The Labute approximate surface area is 105 Å². The van der Waals surface area contributed by atoms with E-state index in [0.29, 0.717) is 5.82 Å². The van der Waals surface area contributed by atoms with E-state index in [9.17, 15) is 0 Å². The van der Waals surface area contributed by atoms with Crippen molar-refractivity contribution in [2.75, 3.05) is 5.73 Å². The number of nitrogen functional groups attached to an aromatic ring is 1. The third-order valence-corrected chi connectivity index (χ3v) is 2.98. The van der Waals surface area contributed by atoms with Crippen LogP contribution in [0.3, 0.4) is 0 Å². The second kappa shape index (κ2) is 3.84. The van der Waals surface area contributed by atoms with E-state index in [2.05, 4.69) is 40.9 Å². The van der Waals surface area contributed by atoms with Crippen LogP contribution in [0.5, 0.6) is 0 Å². The predicted octanol–water partition coefficient (Wildman–Crippen LogP) is 2.82. The molecule has 0 radical (unpaired) electrons. The van der Waals surface area contributed by atoms with E-state index in [-0.39, 0.29) is 0 Å². The zero-order valence-corrected chi connectivity index (χ0v) is 10.4. The molecule has 3 rings (SSSR count). The normalized spacial score (nSPS) is 11.0. The number of nitrogens with one attached hydrogen (secondary N) is 1. The number of aromatic amines is 1. The number of fused-ring (bicyclic) bond motifs is 1. The van der Waals surface area contributed by atoms with Gasteiger partial charge in [0.1, 0.15) is 11.6 Å². The van der Waals surface area contributed by atoms with Crippen molar-refractivity contribution in [1.82, 2.24) is 15.0 Å². The summed E-state index contributed by atoms with van der Waals surface area (Å²) in [5.41, 5.74) is 11.0. The van der Waals surface area contributed by atoms with Gasteiger partial charge in [-0.15, -0.1) is 0 Å². The van der Waals surface area contributed by atoms with Crippen molar-refractivity contribution >= 4 is 16.9 Å². The molecule has 0 atom stereocenters. The molecule has 1 aromatic carbocycles. The average Bonchev–Trinajstić information content (AvgIpc) is 2.74. The number of imidazole rings is 1. The molecule has 0 aliphatic rings. The average molecular weight is 238 g/mol. The van der Waals surface area contributed by atoms with Gasteiger partial charge in [0.25, 0.3) is 0 Å². The number of H-pyrrole nitrogens is 1. The topological polar surface area (TPSA) is 67.6 Å². The highest BCUT2D eigenvalue weighted by molar-refractivity contribution is 5.82. The van der Waals surface area contributed by atoms with Crippen LogP contribution >= 0.6 is 0 Å². The fourth-order valence-corrected chi connectivity index (χ4v) is 2.15. The number of nitrogens with two attached hydrogens (primary N) is 1. The molecular formula is C14H14N4. The molecule has 4 heteroatoms. The van der Waals surface area contributed by atoms with Gasteiger partial charge in [0, 0.05) is 11.8 Å². The van der Waals surface area contributed by atoms with Gasteiger partial charge in [-0.25, -0.2) is 9.97 Å². The molecule has 90 valence electrons. The van der Waals surface area contributed by atoms with Crippen molar-refractivity contribution in [3.8, 4) is 11.4 Å². The van der Waals surface area contributed by atoms with E-state index >= 15 is 0 Å². The molecule has 0 amide bonds. The molecule has 18 heavy (non-hydrogen) atoms. The Morgan fingerprint density at radius 1 is 1.17 bits per heavy atom. The molecule has 2 heterocycles. The van der Waals surface area contributed by atoms with Crippen molar-refractivity contribution in [1.29, 1.82) is 0 Å². The van der Waals surface area contributed by atoms with E-state index in [1.807, 2.05) is 6.07 Å². The third kappa shape index (κ3) is 1.72. The van der Waals surface area contributed by atoms with Crippen LogP contribution in [-0.2, 0) is 0 Å². The highest BCUT2D eigenvalue weighted by atomic mass is 14.9. The highest BCUT2D eigenvalue weighted by Gasteiger charge is 2.08. The van der Waals surface area contributed by atoms with E-state index in [1.54, 1.807) is 12.3 Å². The minimum atomic E-state index is 0.516. The summed E-state index contributed by atoms with van der Waals surface area (Å²) in [6.45, 7) is 4.15. The molecule has 0 aliphatic heterocycles. The smallest absolute Gasteiger partial charge is 0.140 e. The summed E-state index contributed by atoms with van der Waals surface area (Å²) >= 11 is 0. The summed E-state index contributed by atoms with van der Waals surface area (Å²) in [6.07, 6.45) is 1.73. The van der Waals surface area contributed by atoms with Crippen LogP contribution in [0.2, 0.25) is 0 Å². The zero-order valence-electron chi connectivity index (χ0n) is 10.4. The van der Waals surface area contributed by atoms with Gasteiger partial charge in [0.05, 0.1) is 11.0 Å². The number of aromatic nitrogens is 3. The van der Waals surface area contributed by atoms with E-state index in [4.69, 9.17) is 5.73 Å². The second-order valence-electron chi connectivity index (χ2n) is 4.54. The number of pyridine rings is 1. The van der Waals surface area contributed by atoms with Crippen LogP contribution in [0, 0.1) is 13.8 Å². The molecule has 3 aromatic rings. The summed E-state index contributed by atoms with van der Waals surface area (Å²) in [4.78, 5) is 12.0. The van der Waals surface area contributed by atoms with Gasteiger partial charge in [0.2, 0.25) is 0 Å². The van der Waals surface area contributed by atoms with Crippen molar-refractivity contribution < 1.29 is 0 Å². The Kier molecular flexibility index (Phi) is 2.30. The maximum Gasteiger partial charge on any atom is 0.140 e. The van der Waals surface area contributed by atoms with Crippen LogP contribution < -0.4 is 5.73 Å². The highest BCUT2D eigenvalue weighted by Crippen LogP contribution is 2.23. The lowest BCUT2D eigenvalue weighted by Crippen LogP contribution is -1.89. The molecule has 0 spiro atoms. The summed E-state index contributed by atoms with van der Waals surface area (Å²) in [6, 6.07) is 7.93. The van der Waals surface area contributed by atoms with E-state index in [1.165, 1.54) is 11.1 Å². The standard InChI is InChI=1S/C14H14N4/c1-8-5-9(2)13-11(6-8)17-14(18-13)10-3-4-12(15)16-7-10/h3-7H,1-2H3,(H2,15,16)(H,17,18). The lowest BCUT2D eigenvalue weighted by Gasteiger charge is -1.96. The lowest BCUT2D eigenvalue weighted by molar-refractivity contribution is 1.28. The quantitative estimate of drug-likeness (QED) is 0.685. The Bertz CT molecular complexity index is 710. The Morgan fingerprint density at radius 3 is 2.72 bits per heavy atom. The predicted molar refractivity (Wildman–Crippen MR) is 73.2 cm³/mol. The minimum Gasteiger partial charge on any atom is -0.384 e. The lowest BCUT2D eigenvalue weighted by atomic mass is 10.1. The summed E-state index contributed by atoms with van der Waals surface area (Å²) in [5, 5.41) is 0. The summed E-state index contributed by atoms with van der Waals surface area (Å²) < 4.78 is 0. The minimum absolute atomic E-state index is 0.516. The second-order valence-corrected chi connectivity index (χ2v) is 4.54. The van der Waals surface area contributed by atoms with Gasteiger partial charge in [-0.05, 0) is 43.2 Å². The fourth-order valence-electron chi connectivity index (χ4n) is 2.15. The molecule has 3 N–H and O–H groups in total. The molecule has 0 saturated heterocycles. The SMILES string of the molecule is Cc1cc(C)c2nc(-c3ccc(N)nc3)[nH]c2c1. The first-order chi connectivity index (χ1) is 8.63. The zero-order chi connectivity index (χ0) is 12.7. The Morgan fingerprint density at radius 2 is 2.00 bits per heavy atom. The Balaban J connectivity index is 2.19. The number of aryl methyl sites for hydroxylation is 2. The first kappa shape index (κ1) is 10.8. The molecule has 0 saturated carbocycles. The molecule has 0 fully saturated rings. The van der Waals surface area contributed by atoms with Crippen molar-refractivity contribution in [2.45, 2.75) is 13.8 Å². The van der Waals surface area contributed by atoms with E-state index < -0.39 is 0 Å². The van der Waals surface area contributed by atoms with Gasteiger partial charge in [-0.2, -0.15) is 0 Å². The maximum absolute atomic E-state index is 5.58. The van der Waals surface area contributed by atoms with Gasteiger partial charge in [-0.3, -0.25) is 0 Å². The van der Waals surface area contributed by atoms with E-state index in [0.717, 1.165) is 22.4 Å². The first-order valence-electron chi connectivity index (χ1n) is 5.82. The summed E-state index contributed by atoms with van der Waals surface area (Å²) in [7, 11) is 0. The van der Waals surface area contributed by atoms with Crippen LogP contribution in [-0.4, -0.2) is 15.0 Å². The van der Waals surface area contributed by atoms with Crippen molar-refractivity contribution in [3.05, 3.63) is 41.6 Å². The van der Waals surface area contributed by atoms with Crippen LogP contribution in [0.1, 0.15) is 11.1 Å². The summed E-state index contributed by atoms with van der Waals surface area (Å²) in [5.74, 6) is 1.34. The van der Waals surface area contributed by atoms with Crippen molar-refractivity contribution in [3.63, 3.8) is 0 Å². The number of benzene rings is 1. The maximum atomic E-state index is 5.58. The molecule has 0 unspecified atom stereocenters. The number of anilines is 1. The van der Waals surface area contributed by atoms with Crippen LogP contribution in [0.15, 0.2) is 30.5 Å².